The molecule has 1 aromatic carbocycles. The number of carbonyl (C=O) groups is 7. The average molecular weight is 760 g/mol. The van der Waals surface area contributed by atoms with Gasteiger partial charge in [-0.1, -0.05) is 73.4 Å². The summed E-state index contributed by atoms with van der Waals surface area (Å²) >= 11 is 0. The molecule has 15 nitrogen and oxygen atoms in total. The van der Waals surface area contributed by atoms with E-state index in [9.17, 15) is 33.6 Å². The van der Waals surface area contributed by atoms with Crippen LogP contribution in [-0.2, 0) is 40.1 Å². The zero-order valence-electron chi connectivity index (χ0n) is 33.6. The molecule has 0 aromatic heterocycles. The maximum Gasteiger partial charge on any atom is 0.303 e. The van der Waals surface area contributed by atoms with E-state index in [-0.39, 0.29) is 79.8 Å². The molecule has 0 aliphatic heterocycles. The van der Waals surface area contributed by atoms with E-state index in [0.717, 1.165) is 5.56 Å². The summed E-state index contributed by atoms with van der Waals surface area (Å²) in [6, 6.07) is 3.44. The van der Waals surface area contributed by atoms with E-state index in [0.29, 0.717) is 31.4 Å². The number of rotatable bonds is 25. The first-order chi connectivity index (χ1) is 25.4. The molecule has 54 heavy (non-hydrogen) atoms. The number of benzene rings is 1. The van der Waals surface area contributed by atoms with Crippen LogP contribution in [0.2, 0.25) is 0 Å². The highest BCUT2D eigenvalue weighted by molar-refractivity contribution is 5.93. The number of carboxylic acid groups (broad SMARTS) is 1. The second-order valence-corrected chi connectivity index (χ2v) is 14.8. The Hall–Kier alpha value is -4.53. The fourth-order valence-corrected chi connectivity index (χ4v) is 5.66. The fourth-order valence-electron chi connectivity index (χ4n) is 5.66. The number of anilines is 1. The van der Waals surface area contributed by atoms with Crippen molar-refractivity contribution in [2.45, 2.75) is 144 Å². The molecule has 0 aliphatic rings. The van der Waals surface area contributed by atoms with E-state index in [1.54, 1.807) is 31.2 Å². The van der Waals surface area contributed by atoms with Crippen molar-refractivity contribution in [3.63, 3.8) is 0 Å². The van der Waals surface area contributed by atoms with E-state index < -0.39 is 42.0 Å². The van der Waals surface area contributed by atoms with E-state index >= 15 is 0 Å². The number of hydrogen-bond acceptors (Lipinski definition) is 8. The molecule has 15 heteroatoms. The third-order valence-corrected chi connectivity index (χ3v) is 8.97. The lowest BCUT2D eigenvalue weighted by Gasteiger charge is -2.29. The van der Waals surface area contributed by atoms with E-state index in [1.807, 2.05) is 48.5 Å². The first-order valence-corrected chi connectivity index (χ1v) is 19.2. The van der Waals surface area contributed by atoms with Crippen molar-refractivity contribution in [2.24, 2.45) is 17.8 Å². The standard InChI is InChI=1S/C39H65N7O8/c1-10-13-31(44-39(54)35(25(7)11-2)45-32(48)14-12-15-33(49)50)37(52)43-30(20-23(3)4)22-40-26(8)36(51)46-34(24(5)6)38(53)41-21-28-16-18-29(19-17-28)42-27(9)47/h16-19,23-26,30-31,34-35,40H,10-15,20-22H2,1-9H3,(H,41,53)(H,42,47)(H,43,52)(H,44,54)(H,45,48)(H,46,51)(H,49,50)/t25-,26-,30?,31-,34-,35-/m0/s1. The molecule has 6 atom stereocenters. The average Bonchev–Trinajstić information content (AvgIpc) is 3.09. The second kappa shape index (κ2) is 24.7. The third-order valence-electron chi connectivity index (χ3n) is 8.97. The molecule has 0 saturated heterocycles. The van der Waals surface area contributed by atoms with E-state index in [1.165, 1.54) is 6.92 Å². The minimum Gasteiger partial charge on any atom is -0.481 e. The van der Waals surface area contributed by atoms with Crippen molar-refractivity contribution >= 4 is 47.1 Å². The Labute approximate surface area is 320 Å². The molecular formula is C39H65N7O8. The molecule has 1 aromatic rings. The summed E-state index contributed by atoms with van der Waals surface area (Å²) in [7, 11) is 0. The lowest BCUT2D eigenvalue weighted by molar-refractivity contribution is -0.137. The van der Waals surface area contributed by atoms with Crippen molar-refractivity contribution in [3.05, 3.63) is 29.8 Å². The summed E-state index contributed by atoms with van der Waals surface area (Å²) in [5.74, 6) is -3.44. The number of hydrogen-bond donors (Lipinski definition) is 8. The van der Waals surface area contributed by atoms with Crippen LogP contribution in [0.15, 0.2) is 24.3 Å². The molecular weight excluding hydrogens is 694 g/mol. The molecule has 1 rings (SSSR count). The van der Waals surface area contributed by atoms with Gasteiger partial charge in [0.2, 0.25) is 35.4 Å². The van der Waals surface area contributed by atoms with Crippen LogP contribution in [-0.4, -0.2) is 83.3 Å². The van der Waals surface area contributed by atoms with E-state index in [2.05, 4.69) is 37.2 Å². The zero-order chi connectivity index (χ0) is 41.0. The normalized spacial score (nSPS) is 14.5. The fraction of sp³-hybridized carbons (Fsp3) is 0.667. The van der Waals surface area contributed by atoms with Gasteiger partial charge in [-0.2, -0.15) is 0 Å². The predicted molar refractivity (Wildman–Crippen MR) is 208 cm³/mol. The monoisotopic (exact) mass is 759 g/mol. The van der Waals surface area contributed by atoms with Crippen LogP contribution in [0.3, 0.4) is 0 Å². The summed E-state index contributed by atoms with van der Waals surface area (Å²) in [4.78, 5) is 88.1. The van der Waals surface area contributed by atoms with Crippen molar-refractivity contribution in [3.8, 4) is 0 Å². The largest absolute Gasteiger partial charge is 0.481 e. The molecule has 0 spiro atoms. The Balaban J connectivity index is 2.89. The van der Waals surface area contributed by atoms with Crippen LogP contribution in [0.4, 0.5) is 5.69 Å². The minimum absolute atomic E-state index is 0.0328. The van der Waals surface area contributed by atoms with Crippen molar-refractivity contribution in [1.29, 1.82) is 0 Å². The molecule has 0 aliphatic carbocycles. The first-order valence-electron chi connectivity index (χ1n) is 19.2. The molecule has 6 amide bonds. The highest BCUT2D eigenvalue weighted by atomic mass is 16.4. The topological polar surface area (TPSA) is 224 Å². The molecule has 1 unspecified atom stereocenters. The maximum atomic E-state index is 13.6. The Bertz CT molecular complexity index is 1390. The summed E-state index contributed by atoms with van der Waals surface area (Å²) in [6.45, 7) is 16.9. The van der Waals surface area contributed by atoms with Gasteiger partial charge in [0.25, 0.3) is 0 Å². The summed E-state index contributed by atoms with van der Waals surface area (Å²) in [5.41, 5.74) is 1.47. The predicted octanol–water partition coefficient (Wildman–Crippen LogP) is 2.98. The van der Waals surface area contributed by atoms with Crippen molar-refractivity contribution < 1.29 is 38.7 Å². The molecule has 8 N–H and O–H groups in total. The van der Waals surface area contributed by atoms with Crippen LogP contribution in [0.25, 0.3) is 0 Å². The molecule has 0 saturated carbocycles. The Morgan fingerprint density at radius 3 is 1.93 bits per heavy atom. The van der Waals surface area contributed by atoms with Crippen molar-refractivity contribution in [1.82, 2.24) is 31.9 Å². The zero-order valence-corrected chi connectivity index (χ0v) is 33.6. The van der Waals surface area contributed by atoms with Gasteiger partial charge in [0.1, 0.15) is 18.1 Å². The number of nitrogens with one attached hydrogen (secondary N) is 7. The minimum atomic E-state index is -1.00. The highest BCUT2D eigenvalue weighted by Gasteiger charge is 2.31. The second-order valence-electron chi connectivity index (χ2n) is 14.8. The van der Waals surface area contributed by atoms with Gasteiger partial charge in [-0.3, -0.25) is 33.6 Å². The number of amides is 6. The number of carbonyl (C=O) groups excluding carboxylic acids is 6. The summed E-state index contributed by atoms with van der Waals surface area (Å²) < 4.78 is 0. The molecule has 0 bridgehead atoms. The van der Waals surface area contributed by atoms with Gasteiger partial charge in [0.05, 0.1) is 6.04 Å². The van der Waals surface area contributed by atoms with Gasteiger partial charge < -0.3 is 42.3 Å². The third kappa shape index (κ3) is 18.5. The SMILES string of the molecule is CCC[C@H](NC(=O)[C@@H](NC(=O)CCCC(=O)O)[C@@H](C)CC)C(=O)NC(CN[C@@H](C)C(=O)N[C@H](C(=O)NCc1ccc(NC(C)=O)cc1)C(C)C)CC(C)C. The van der Waals surface area contributed by atoms with Crippen LogP contribution >= 0.6 is 0 Å². The maximum absolute atomic E-state index is 13.6. The molecule has 0 heterocycles. The Morgan fingerprint density at radius 2 is 1.39 bits per heavy atom. The smallest absolute Gasteiger partial charge is 0.303 e. The lowest BCUT2D eigenvalue weighted by Crippen LogP contribution is -2.58. The Kier molecular flexibility index (Phi) is 21.7. The summed E-state index contributed by atoms with van der Waals surface area (Å²) in [6.07, 6.45) is 2.10. The molecule has 0 radical (unpaired) electrons. The van der Waals surface area contributed by atoms with Gasteiger partial charge in [-0.25, -0.2) is 0 Å². The van der Waals surface area contributed by atoms with Gasteiger partial charge in [0, 0.05) is 44.6 Å². The van der Waals surface area contributed by atoms with Gasteiger partial charge in [0.15, 0.2) is 0 Å². The highest BCUT2D eigenvalue weighted by Crippen LogP contribution is 2.13. The van der Waals surface area contributed by atoms with E-state index in [4.69, 9.17) is 5.11 Å². The van der Waals surface area contributed by atoms with Gasteiger partial charge >= 0.3 is 5.97 Å². The number of aliphatic carboxylic acids is 1. The first kappa shape index (κ1) is 47.5. The van der Waals surface area contributed by atoms with Crippen LogP contribution in [0, 0.1) is 17.8 Å². The molecule has 0 fully saturated rings. The lowest BCUT2D eigenvalue weighted by atomic mass is 9.97. The number of carboxylic acids is 1. The van der Waals surface area contributed by atoms with Gasteiger partial charge in [-0.05, 0) is 61.6 Å². The molecule has 304 valence electrons. The van der Waals surface area contributed by atoms with Crippen LogP contribution < -0.4 is 37.2 Å². The van der Waals surface area contributed by atoms with Crippen molar-refractivity contribution in [2.75, 3.05) is 11.9 Å². The Morgan fingerprint density at radius 1 is 0.741 bits per heavy atom. The van der Waals surface area contributed by atoms with Crippen LogP contribution in [0.5, 0.6) is 0 Å². The van der Waals surface area contributed by atoms with Gasteiger partial charge in [-0.15, -0.1) is 0 Å². The quantitative estimate of drug-likeness (QED) is 0.0733. The summed E-state index contributed by atoms with van der Waals surface area (Å²) in [5, 5.41) is 29.1. The van der Waals surface area contributed by atoms with Crippen LogP contribution in [0.1, 0.15) is 113 Å².